The number of nitrogens with zero attached hydrogens (tertiary/aromatic N) is 3. The SMILES string of the molecule is COc1cccc(CNC(=O)N(C)CC2CCN(CC(=O)c3ccc(F)cc3)CC2)n1. The minimum absolute atomic E-state index is 0.00102. The highest BCUT2D eigenvalue weighted by Crippen LogP contribution is 2.19. The van der Waals surface area contributed by atoms with E-state index in [4.69, 9.17) is 4.74 Å². The van der Waals surface area contributed by atoms with Crippen molar-refractivity contribution in [3.05, 3.63) is 59.5 Å². The van der Waals surface area contributed by atoms with E-state index >= 15 is 0 Å². The van der Waals surface area contributed by atoms with Gasteiger partial charge in [0.1, 0.15) is 5.82 Å². The number of hydrogen-bond acceptors (Lipinski definition) is 5. The number of likely N-dealkylation sites (tertiary alicyclic amines) is 1. The molecule has 3 rings (SSSR count). The fourth-order valence-corrected chi connectivity index (χ4v) is 3.70. The second-order valence-electron chi connectivity index (χ2n) is 7.86. The summed E-state index contributed by atoms with van der Waals surface area (Å²) < 4.78 is 18.1. The van der Waals surface area contributed by atoms with E-state index in [1.165, 1.54) is 24.3 Å². The predicted octanol–water partition coefficient (Wildman–Crippen LogP) is 2.97. The van der Waals surface area contributed by atoms with E-state index in [1.807, 2.05) is 12.1 Å². The van der Waals surface area contributed by atoms with Crippen LogP contribution in [-0.4, -0.2) is 66.9 Å². The Balaban J connectivity index is 1.38. The summed E-state index contributed by atoms with van der Waals surface area (Å²) in [5.74, 6) is 0.569. The largest absolute Gasteiger partial charge is 0.481 e. The molecule has 1 aliphatic heterocycles. The number of methoxy groups -OCH3 is 1. The Bertz CT molecular complexity index is 883. The molecule has 0 atom stereocenters. The molecular weight excluding hydrogens is 399 g/mol. The molecule has 8 heteroatoms. The van der Waals surface area contributed by atoms with Crippen LogP contribution in [0.1, 0.15) is 28.9 Å². The van der Waals surface area contributed by atoms with Crippen molar-refractivity contribution in [3.8, 4) is 5.88 Å². The van der Waals surface area contributed by atoms with Crippen molar-refractivity contribution in [2.24, 2.45) is 5.92 Å². The predicted molar refractivity (Wildman–Crippen MR) is 116 cm³/mol. The van der Waals surface area contributed by atoms with Gasteiger partial charge in [0, 0.05) is 25.2 Å². The molecule has 1 aromatic heterocycles. The summed E-state index contributed by atoms with van der Waals surface area (Å²) in [4.78, 5) is 32.9. The minimum Gasteiger partial charge on any atom is -0.481 e. The van der Waals surface area contributed by atoms with Gasteiger partial charge in [0.2, 0.25) is 5.88 Å². The standard InChI is InChI=1S/C23H29FN4O3/c1-27(23(30)25-14-20-4-3-5-22(26-20)31-2)15-17-10-12-28(13-11-17)16-21(29)18-6-8-19(24)9-7-18/h3-9,17H,10-16H2,1-2H3,(H,25,30). The van der Waals surface area contributed by atoms with Crippen LogP contribution >= 0.6 is 0 Å². The molecule has 166 valence electrons. The van der Waals surface area contributed by atoms with E-state index in [2.05, 4.69) is 15.2 Å². The first kappa shape index (κ1) is 22.7. The highest BCUT2D eigenvalue weighted by atomic mass is 19.1. The molecule has 1 aromatic carbocycles. The van der Waals surface area contributed by atoms with Crippen molar-refractivity contribution < 1.29 is 18.7 Å². The van der Waals surface area contributed by atoms with E-state index in [-0.39, 0.29) is 17.6 Å². The van der Waals surface area contributed by atoms with Crippen LogP contribution in [0.2, 0.25) is 0 Å². The molecule has 0 bridgehead atoms. The molecule has 1 saturated heterocycles. The van der Waals surface area contributed by atoms with Gasteiger partial charge in [0.25, 0.3) is 0 Å². The van der Waals surface area contributed by atoms with Gasteiger partial charge in [-0.3, -0.25) is 9.69 Å². The number of ether oxygens (including phenoxy) is 1. The van der Waals surface area contributed by atoms with Crippen molar-refractivity contribution in [2.45, 2.75) is 19.4 Å². The minimum atomic E-state index is -0.342. The van der Waals surface area contributed by atoms with E-state index in [0.29, 0.717) is 37.0 Å². The molecule has 7 nitrogen and oxygen atoms in total. The molecule has 0 unspecified atom stereocenters. The molecule has 31 heavy (non-hydrogen) atoms. The summed E-state index contributed by atoms with van der Waals surface area (Å²) in [5, 5.41) is 2.88. The first-order chi connectivity index (χ1) is 14.9. The van der Waals surface area contributed by atoms with Gasteiger partial charge < -0.3 is 15.0 Å². The molecule has 2 heterocycles. The molecular formula is C23H29FN4O3. The zero-order valence-electron chi connectivity index (χ0n) is 18.0. The maximum atomic E-state index is 13.0. The molecule has 0 saturated carbocycles. The monoisotopic (exact) mass is 428 g/mol. The zero-order chi connectivity index (χ0) is 22.2. The molecule has 0 aliphatic carbocycles. The highest BCUT2D eigenvalue weighted by molar-refractivity contribution is 5.97. The lowest BCUT2D eigenvalue weighted by atomic mass is 9.96. The number of rotatable bonds is 8. The molecule has 0 radical (unpaired) electrons. The van der Waals surface area contributed by atoms with Gasteiger partial charge in [0.15, 0.2) is 5.78 Å². The number of hydrogen-bond donors (Lipinski definition) is 1. The van der Waals surface area contributed by atoms with E-state index in [0.717, 1.165) is 31.6 Å². The Labute approximate surface area is 182 Å². The van der Waals surface area contributed by atoms with Crippen LogP contribution in [0.15, 0.2) is 42.5 Å². The molecule has 1 N–H and O–H groups in total. The normalized spacial score (nSPS) is 14.8. The molecule has 1 fully saturated rings. The number of benzene rings is 1. The Hall–Kier alpha value is -3.00. The van der Waals surface area contributed by atoms with Crippen LogP contribution in [0, 0.1) is 11.7 Å². The summed E-state index contributed by atoms with van der Waals surface area (Å²) in [7, 11) is 3.35. The Morgan fingerprint density at radius 3 is 2.58 bits per heavy atom. The number of pyridine rings is 1. The first-order valence-corrected chi connectivity index (χ1v) is 10.4. The lowest BCUT2D eigenvalue weighted by Crippen LogP contribution is -2.43. The van der Waals surface area contributed by atoms with Gasteiger partial charge in [-0.25, -0.2) is 14.2 Å². The van der Waals surface area contributed by atoms with Crippen LogP contribution in [0.3, 0.4) is 0 Å². The molecule has 1 aliphatic rings. The summed E-state index contributed by atoms with van der Waals surface area (Å²) in [6.45, 7) is 2.95. The van der Waals surface area contributed by atoms with Gasteiger partial charge in [-0.2, -0.15) is 0 Å². The highest BCUT2D eigenvalue weighted by Gasteiger charge is 2.23. The van der Waals surface area contributed by atoms with Crippen LogP contribution in [0.4, 0.5) is 9.18 Å². The maximum absolute atomic E-state index is 13.0. The number of carbonyl (C=O) groups excluding carboxylic acids is 2. The number of urea groups is 1. The van der Waals surface area contributed by atoms with Crippen LogP contribution in [0.5, 0.6) is 5.88 Å². The smallest absolute Gasteiger partial charge is 0.317 e. The van der Waals surface area contributed by atoms with Crippen molar-refractivity contribution in [2.75, 3.05) is 40.3 Å². The number of ketones is 1. The van der Waals surface area contributed by atoms with Crippen molar-refractivity contribution in [1.82, 2.24) is 20.1 Å². The fraction of sp³-hybridized carbons (Fsp3) is 0.435. The fourth-order valence-electron chi connectivity index (χ4n) is 3.70. The number of piperidine rings is 1. The summed E-state index contributed by atoms with van der Waals surface area (Å²) >= 11 is 0. The van der Waals surface area contributed by atoms with E-state index in [9.17, 15) is 14.0 Å². The molecule has 0 spiro atoms. The lowest BCUT2D eigenvalue weighted by Gasteiger charge is -2.33. The number of amides is 2. The zero-order valence-corrected chi connectivity index (χ0v) is 18.0. The second-order valence-corrected chi connectivity index (χ2v) is 7.86. The van der Waals surface area contributed by atoms with Crippen LogP contribution < -0.4 is 10.1 Å². The van der Waals surface area contributed by atoms with Gasteiger partial charge in [0.05, 0.1) is 25.9 Å². The van der Waals surface area contributed by atoms with Crippen LogP contribution in [0.25, 0.3) is 0 Å². The lowest BCUT2D eigenvalue weighted by molar-refractivity contribution is 0.0886. The van der Waals surface area contributed by atoms with E-state index < -0.39 is 0 Å². The number of Topliss-reactive ketones (excluding diaryl/α,β-unsaturated/α-hetero) is 1. The van der Waals surface area contributed by atoms with Crippen LogP contribution in [-0.2, 0) is 6.54 Å². The van der Waals surface area contributed by atoms with Gasteiger partial charge in [-0.15, -0.1) is 0 Å². The Morgan fingerprint density at radius 2 is 1.90 bits per heavy atom. The first-order valence-electron chi connectivity index (χ1n) is 10.4. The number of halogens is 1. The van der Waals surface area contributed by atoms with E-state index in [1.54, 1.807) is 25.1 Å². The number of aromatic nitrogens is 1. The van der Waals surface area contributed by atoms with Crippen molar-refractivity contribution >= 4 is 11.8 Å². The topological polar surface area (TPSA) is 74.8 Å². The second kappa shape index (κ2) is 10.9. The quantitative estimate of drug-likeness (QED) is 0.655. The van der Waals surface area contributed by atoms with Crippen molar-refractivity contribution in [3.63, 3.8) is 0 Å². The van der Waals surface area contributed by atoms with Gasteiger partial charge in [-0.1, -0.05) is 6.07 Å². The Kier molecular flexibility index (Phi) is 7.94. The number of nitrogens with one attached hydrogen (secondary N) is 1. The van der Waals surface area contributed by atoms with Gasteiger partial charge in [-0.05, 0) is 62.2 Å². The number of carbonyl (C=O) groups is 2. The molecule has 2 aromatic rings. The van der Waals surface area contributed by atoms with Crippen molar-refractivity contribution in [1.29, 1.82) is 0 Å². The Morgan fingerprint density at radius 1 is 1.19 bits per heavy atom. The summed E-state index contributed by atoms with van der Waals surface area (Å²) in [6.07, 6.45) is 1.84. The average molecular weight is 429 g/mol. The average Bonchev–Trinajstić information content (AvgIpc) is 2.79. The maximum Gasteiger partial charge on any atom is 0.317 e. The third kappa shape index (κ3) is 6.75. The third-order valence-corrected chi connectivity index (χ3v) is 5.53. The van der Waals surface area contributed by atoms with Gasteiger partial charge >= 0.3 is 6.03 Å². The summed E-state index contributed by atoms with van der Waals surface area (Å²) in [5.41, 5.74) is 1.27. The molecule has 2 amide bonds. The summed E-state index contributed by atoms with van der Waals surface area (Å²) in [6, 6.07) is 11.0. The third-order valence-electron chi connectivity index (χ3n) is 5.53.